The molecule has 0 aliphatic heterocycles. The van der Waals surface area contributed by atoms with E-state index in [1.165, 1.54) is 0 Å². The van der Waals surface area contributed by atoms with Gasteiger partial charge in [0.05, 0.1) is 6.61 Å². The maximum Gasteiger partial charge on any atom is 0.330 e. The van der Waals surface area contributed by atoms with Crippen molar-refractivity contribution in [3.05, 3.63) is 12.7 Å². The van der Waals surface area contributed by atoms with Gasteiger partial charge in [-0.25, -0.2) is 4.79 Å². The SMILES string of the molecule is C=CC(=O)OCC(O)COCCCC. The van der Waals surface area contributed by atoms with E-state index in [-0.39, 0.29) is 13.2 Å². The molecule has 4 nitrogen and oxygen atoms in total. The standard InChI is InChI=1S/C10H18O4/c1-3-5-6-13-7-9(11)8-14-10(12)4-2/h4,9,11H,2-3,5-8H2,1H3. The van der Waals surface area contributed by atoms with E-state index in [0.29, 0.717) is 6.61 Å². The van der Waals surface area contributed by atoms with Gasteiger partial charge in [0.15, 0.2) is 0 Å². The number of unbranched alkanes of at least 4 members (excludes halogenated alkanes) is 1. The number of ether oxygens (including phenoxy) is 2. The Balaban J connectivity index is 3.31. The summed E-state index contributed by atoms with van der Waals surface area (Å²) in [5, 5.41) is 9.26. The third kappa shape index (κ3) is 7.76. The monoisotopic (exact) mass is 202 g/mol. The van der Waals surface area contributed by atoms with Crippen molar-refractivity contribution >= 4 is 5.97 Å². The molecule has 0 saturated heterocycles. The van der Waals surface area contributed by atoms with Crippen LogP contribution in [-0.2, 0) is 14.3 Å². The second-order valence-electron chi connectivity index (χ2n) is 2.92. The van der Waals surface area contributed by atoms with Gasteiger partial charge in [-0.2, -0.15) is 0 Å². The largest absolute Gasteiger partial charge is 0.460 e. The Hall–Kier alpha value is -0.870. The summed E-state index contributed by atoms with van der Waals surface area (Å²) in [6.07, 6.45) is 2.33. The van der Waals surface area contributed by atoms with Gasteiger partial charge in [-0.15, -0.1) is 0 Å². The summed E-state index contributed by atoms with van der Waals surface area (Å²) in [6, 6.07) is 0. The molecule has 82 valence electrons. The summed E-state index contributed by atoms with van der Waals surface area (Å²) in [7, 11) is 0. The molecule has 0 aliphatic rings. The maximum atomic E-state index is 10.6. The summed E-state index contributed by atoms with van der Waals surface area (Å²) < 4.78 is 9.76. The van der Waals surface area contributed by atoms with E-state index in [1.54, 1.807) is 0 Å². The van der Waals surface area contributed by atoms with Gasteiger partial charge in [0, 0.05) is 12.7 Å². The van der Waals surface area contributed by atoms with Crippen LogP contribution in [-0.4, -0.2) is 37.0 Å². The van der Waals surface area contributed by atoms with Crippen LogP contribution in [0, 0.1) is 0 Å². The van der Waals surface area contributed by atoms with E-state index in [9.17, 15) is 9.90 Å². The van der Waals surface area contributed by atoms with Crippen molar-refractivity contribution in [2.24, 2.45) is 0 Å². The molecular formula is C10H18O4. The second kappa shape index (κ2) is 8.72. The number of rotatable bonds is 8. The third-order valence-corrected chi connectivity index (χ3v) is 1.54. The van der Waals surface area contributed by atoms with Gasteiger partial charge >= 0.3 is 5.97 Å². The quantitative estimate of drug-likeness (QED) is 0.361. The van der Waals surface area contributed by atoms with E-state index >= 15 is 0 Å². The van der Waals surface area contributed by atoms with Crippen LogP contribution in [0.15, 0.2) is 12.7 Å². The molecule has 0 aliphatic carbocycles. The van der Waals surface area contributed by atoms with Crippen LogP contribution >= 0.6 is 0 Å². The number of esters is 1. The molecular weight excluding hydrogens is 184 g/mol. The van der Waals surface area contributed by atoms with Crippen molar-refractivity contribution in [2.75, 3.05) is 19.8 Å². The molecule has 0 aromatic heterocycles. The average Bonchev–Trinajstić information content (AvgIpc) is 2.21. The third-order valence-electron chi connectivity index (χ3n) is 1.54. The highest BCUT2D eigenvalue weighted by Gasteiger charge is 2.06. The first kappa shape index (κ1) is 13.1. The number of aliphatic hydroxyl groups excluding tert-OH is 1. The predicted molar refractivity (Wildman–Crippen MR) is 52.9 cm³/mol. The van der Waals surface area contributed by atoms with Gasteiger partial charge in [-0.05, 0) is 6.42 Å². The Morgan fingerprint density at radius 2 is 2.29 bits per heavy atom. The molecule has 0 radical (unpaired) electrons. The van der Waals surface area contributed by atoms with E-state index in [0.717, 1.165) is 18.9 Å². The number of hydrogen-bond donors (Lipinski definition) is 1. The first-order valence-corrected chi connectivity index (χ1v) is 4.75. The highest BCUT2D eigenvalue weighted by atomic mass is 16.5. The zero-order chi connectivity index (χ0) is 10.8. The van der Waals surface area contributed by atoms with E-state index in [4.69, 9.17) is 4.74 Å². The molecule has 4 heteroatoms. The predicted octanol–water partition coefficient (Wildman–Crippen LogP) is 0.893. The topological polar surface area (TPSA) is 55.8 Å². The minimum absolute atomic E-state index is 0.0447. The highest BCUT2D eigenvalue weighted by molar-refractivity contribution is 5.81. The Morgan fingerprint density at radius 1 is 1.57 bits per heavy atom. The van der Waals surface area contributed by atoms with Gasteiger partial charge in [0.25, 0.3) is 0 Å². The van der Waals surface area contributed by atoms with E-state index in [2.05, 4.69) is 18.2 Å². The van der Waals surface area contributed by atoms with Crippen molar-refractivity contribution in [1.82, 2.24) is 0 Å². The Kier molecular flexibility index (Phi) is 8.17. The van der Waals surface area contributed by atoms with Crippen molar-refractivity contribution in [1.29, 1.82) is 0 Å². The smallest absolute Gasteiger partial charge is 0.330 e. The molecule has 0 aromatic rings. The summed E-state index contributed by atoms with van der Waals surface area (Å²) >= 11 is 0. The van der Waals surface area contributed by atoms with Crippen LogP contribution in [0.1, 0.15) is 19.8 Å². The van der Waals surface area contributed by atoms with Gasteiger partial charge in [-0.3, -0.25) is 0 Å². The molecule has 1 N–H and O–H groups in total. The normalized spacial score (nSPS) is 12.1. The maximum absolute atomic E-state index is 10.6. The van der Waals surface area contributed by atoms with Crippen molar-refractivity contribution in [2.45, 2.75) is 25.9 Å². The lowest BCUT2D eigenvalue weighted by molar-refractivity contribution is -0.141. The molecule has 0 amide bonds. The lowest BCUT2D eigenvalue weighted by Crippen LogP contribution is -2.23. The van der Waals surface area contributed by atoms with Crippen LogP contribution < -0.4 is 0 Å². The zero-order valence-electron chi connectivity index (χ0n) is 8.57. The lowest BCUT2D eigenvalue weighted by atomic mass is 10.3. The molecule has 1 atom stereocenters. The summed E-state index contributed by atoms with van der Waals surface area (Å²) in [5.41, 5.74) is 0. The number of carbonyl (C=O) groups excluding carboxylic acids is 1. The Morgan fingerprint density at radius 3 is 2.86 bits per heavy atom. The molecule has 0 spiro atoms. The molecule has 0 bridgehead atoms. The minimum Gasteiger partial charge on any atom is -0.460 e. The number of aliphatic hydroxyl groups is 1. The van der Waals surface area contributed by atoms with Gasteiger partial charge in [0.1, 0.15) is 12.7 Å². The fourth-order valence-electron chi connectivity index (χ4n) is 0.751. The first-order valence-electron chi connectivity index (χ1n) is 4.75. The fraction of sp³-hybridized carbons (Fsp3) is 0.700. The van der Waals surface area contributed by atoms with Crippen molar-refractivity contribution in [3.63, 3.8) is 0 Å². The minimum atomic E-state index is -0.754. The summed E-state index contributed by atoms with van der Waals surface area (Å²) in [5.74, 6) is -0.530. The lowest BCUT2D eigenvalue weighted by Gasteiger charge is -2.10. The van der Waals surface area contributed by atoms with Gasteiger partial charge < -0.3 is 14.6 Å². The average molecular weight is 202 g/mol. The molecule has 14 heavy (non-hydrogen) atoms. The Bertz CT molecular complexity index is 168. The molecule has 1 unspecified atom stereocenters. The molecule has 0 aromatic carbocycles. The summed E-state index contributed by atoms with van der Waals surface area (Å²) in [4.78, 5) is 10.6. The van der Waals surface area contributed by atoms with Crippen LogP contribution in [0.4, 0.5) is 0 Å². The summed E-state index contributed by atoms with van der Waals surface area (Å²) in [6.45, 7) is 6.08. The zero-order valence-corrected chi connectivity index (χ0v) is 8.57. The van der Waals surface area contributed by atoms with Crippen LogP contribution in [0.3, 0.4) is 0 Å². The van der Waals surface area contributed by atoms with E-state index in [1.807, 2.05) is 0 Å². The van der Waals surface area contributed by atoms with Gasteiger partial charge in [-0.1, -0.05) is 19.9 Å². The first-order chi connectivity index (χ1) is 6.70. The van der Waals surface area contributed by atoms with Crippen LogP contribution in [0.25, 0.3) is 0 Å². The number of hydrogen-bond acceptors (Lipinski definition) is 4. The van der Waals surface area contributed by atoms with Crippen LogP contribution in [0.2, 0.25) is 0 Å². The van der Waals surface area contributed by atoms with Crippen molar-refractivity contribution in [3.8, 4) is 0 Å². The Labute approximate surface area is 84.5 Å². The second-order valence-corrected chi connectivity index (χ2v) is 2.92. The number of carbonyl (C=O) groups is 1. The molecule has 0 saturated carbocycles. The highest BCUT2D eigenvalue weighted by Crippen LogP contribution is 1.92. The van der Waals surface area contributed by atoms with Crippen LogP contribution in [0.5, 0.6) is 0 Å². The molecule has 0 rings (SSSR count). The van der Waals surface area contributed by atoms with Gasteiger partial charge in [0.2, 0.25) is 0 Å². The molecule has 0 fully saturated rings. The molecule has 0 heterocycles. The fourth-order valence-corrected chi connectivity index (χ4v) is 0.751. The van der Waals surface area contributed by atoms with E-state index < -0.39 is 12.1 Å². The van der Waals surface area contributed by atoms with Crippen molar-refractivity contribution < 1.29 is 19.4 Å².